The van der Waals surface area contributed by atoms with Gasteiger partial charge in [0.05, 0.1) is 37.7 Å². The van der Waals surface area contributed by atoms with Crippen LogP contribution in [0.25, 0.3) is 10.2 Å². The zero-order valence-electron chi connectivity index (χ0n) is 17.7. The van der Waals surface area contributed by atoms with Gasteiger partial charge in [0.25, 0.3) is 5.56 Å². The van der Waals surface area contributed by atoms with Crippen molar-refractivity contribution in [3.63, 3.8) is 0 Å². The number of carbonyl (C=O) groups is 1. The van der Waals surface area contributed by atoms with Crippen molar-refractivity contribution in [2.45, 2.75) is 45.8 Å². The standard InChI is InChI=1S/C21H30N4O4S/c1-14-15(2)30-21-19(14)20(27)22-17(23-21)12-24-6-8-25(9-7-24)18(26)5-11-28-13-16-4-3-10-29-16/h16H,3-13H2,1-2H3,(H,22,23,27)/t16-/m0/s1. The van der Waals surface area contributed by atoms with Crippen LogP contribution in [0.2, 0.25) is 0 Å². The average Bonchev–Trinajstić information content (AvgIpc) is 3.34. The maximum Gasteiger partial charge on any atom is 0.259 e. The van der Waals surface area contributed by atoms with Crippen LogP contribution in [-0.2, 0) is 20.8 Å². The van der Waals surface area contributed by atoms with Crippen LogP contribution in [0.15, 0.2) is 4.79 Å². The van der Waals surface area contributed by atoms with Crippen LogP contribution in [0, 0.1) is 13.8 Å². The topological polar surface area (TPSA) is 87.8 Å². The molecule has 164 valence electrons. The number of carbonyl (C=O) groups excluding carboxylic acids is 1. The van der Waals surface area contributed by atoms with Gasteiger partial charge in [0, 0.05) is 37.7 Å². The fraction of sp³-hybridized carbons (Fsp3) is 0.667. The van der Waals surface area contributed by atoms with Gasteiger partial charge in [-0.2, -0.15) is 0 Å². The summed E-state index contributed by atoms with van der Waals surface area (Å²) in [5.74, 6) is 0.829. The van der Waals surface area contributed by atoms with Crippen molar-refractivity contribution in [1.82, 2.24) is 19.8 Å². The second-order valence-electron chi connectivity index (χ2n) is 8.09. The minimum absolute atomic E-state index is 0.0614. The van der Waals surface area contributed by atoms with E-state index in [-0.39, 0.29) is 17.6 Å². The van der Waals surface area contributed by atoms with Crippen molar-refractivity contribution < 1.29 is 14.3 Å². The Kier molecular flexibility index (Phi) is 6.82. The van der Waals surface area contributed by atoms with Crippen LogP contribution in [0.4, 0.5) is 0 Å². The molecule has 1 amide bonds. The number of hydrogen-bond donors (Lipinski definition) is 1. The molecule has 2 aliphatic rings. The summed E-state index contributed by atoms with van der Waals surface area (Å²) in [5, 5.41) is 0.707. The normalized spacial score (nSPS) is 20.3. The van der Waals surface area contributed by atoms with Crippen LogP contribution in [0.3, 0.4) is 0 Å². The van der Waals surface area contributed by atoms with Crippen molar-refractivity contribution in [3.05, 3.63) is 26.6 Å². The highest BCUT2D eigenvalue weighted by molar-refractivity contribution is 7.18. The largest absolute Gasteiger partial charge is 0.378 e. The Balaban J connectivity index is 1.23. The van der Waals surface area contributed by atoms with Gasteiger partial charge >= 0.3 is 0 Å². The van der Waals surface area contributed by atoms with Crippen molar-refractivity contribution in [1.29, 1.82) is 0 Å². The van der Waals surface area contributed by atoms with Crippen molar-refractivity contribution in [2.75, 3.05) is 46.0 Å². The molecule has 4 heterocycles. The van der Waals surface area contributed by atoms with Crippen LogP contribution in [0.5, 0.6) is 0 Å². The Bertz CT molecular complexity index is 942. The van der Waals surface area contributed by atoms with E-state index in [0.717, 1.165) is 47.8 Å². The van der Waals surface area contributed by atoms with Crippen molar-refractivity contribution in [2.24, 2.45) is 0 Å². The summed E-state index contributed by atoms with van der Waals surface area (Å²) in [5.41, 5.74) is 0.954. The molecule has 0 radical (unpaired) electrons. The molecule has 0 aromatic carbocycles. The third-order valence-electron chi connectivity index (χ3n) is 5.97. The molecule has 4 rings (SSSR count). The van der Waals surface area contributed by atoms with Crippen LogP contribution in [0.1, 0.15) is 35.5 Å². The number of nitrogens with one attached hydrogen (secondary N) is 1. The summed E-state index contributed by atoms with van der Waals surface area (Å²) in [6, 6.07) is 0. The molecule has 1 atom stereocenters. The number of H-pyrrole nitrogens is 1. The molecule has 0 aliphatic carbocycles. The number of piperazine rings is 1. The lowest BCUT2D eigenvalue weighted by Gasteiger charge is -2.34. The maximum atomic E-state index is 12.4. The summed E-state index contributed by atoms with van der Waals surface area (Å²) < 4.78 is 11.1. The Labute approximate surface area is 180 Å². The van der Waals surface area contributed by atoms with Gasteiger partial charge in [0.1, 0.15) is 10.7 Å². The summed E-state index contributed by atoms with van der Waals surface area (Å²) in [6.45, 7) is 9.35. The molecule has 30 heavy (non-hydrogen) atoms. The lowest BCUT2D eigenvalue weighted by molar-refractivity contribution is -0.134. The first kappa shape index (κ1) is 21.4. The third-order valence-corrected chi connectivity index (χ3v) is 7.08. The minimum atomic E-state index is -0.0614. The van der Waals surface area contributed by atoms with E-state index in [1.54, 1.807) is 11.3 Å². The maximum absolute atomic E-state index is 12.4. The van der Waals surface area contributed by atoms with Gasteiger partial charge in [-0.05, 0) is 32.3 Å². The summed E-state index contributed by atoms with van der Waals surface area (Å²) in [4.78, 5) is 38.5. The Morgan fingerprint density at radius 2 is 2.10 bits per heavy atom. The number of rotatable bonds is 7. The van der Waals surface area contributed by atoms with E-state index in [2.05, 4.69) is 14.9 Å². The Hall–Kier alpha value is -1.81. The monoisotopic (exact) mass is 434 g/mol. The van der Waals surface area contributed by atoms with Gasteiger partial charge in [0.2, 0.25) is 5.91 Å². The first-order chi connectivity index (χ1) is 14.5. The van der Waals surface area contributed by atoms with E-state index in [1.165, 1.54) is 0 Å². The number of nitrogens with zero attached hydrogens (tertiary/aromatic N) is 3. The smallest absolute Gasteiger partial charge is 0.259 e. The van der Waals surface area contributed by atoms with Gasteiger partial charge in [-0.1, -0.05) is 0 Å². The molecular formula is C21H30N4O4S. The number of amides is 1. The number of aromatic nitrogens is 2. The second kappa shape index (κ2) is 9.55. The number of thiophene rings is 1. The fourth-order valence-corrected chi connectivity index (χ4v) is 5.10. The lowest BCUT2D eigenvalue weighted by atomic mass is 10.2. The zero-order valence-corrected chi connectivity index (χ0v) is 18.6. The molecule has 2 aromatic heterocycles. The molecule has 0 unspecified atom stereocenters. The molecule has 0 spiro atoms. The number of ether oxygens (including phenoxy) is 2. The molecule has 8 nitrogen and oxygen atoms in total. The molecule has 2 fully saturated rings. The van der Waals surface area contributed by atoms with Crippen molar-refractivity contribution in [3.8, 4) is 0 Å². The van der Waals surface area contributed by atoms with Gasteiger partial charge in [-0.15, -0.1) is 11.3 Å². The first-order valence-electron chi connectivity index (χ1n) is 10.7. The van der Waals surface area contributed by atoms with Gasteiger partial charge in [0.15, 0.2) is 0 Å². The Morgan fingerprint density at radius 1 is 1.30 bits per heavy atom. The predicted molar refractivity (Wildman–Crippen MR) is 116 cm³/mol. The second-order valence-corrected chi connectivity index (χ2v) is 9.30. The van der Waals surface area contributed by atoms with E-state index in [4.69, 9.17) is 9.47 Å². The van der Waals surface area contributed by atoms with Gasteiger partial charge < -0.3 is 19.4 Å². The molecule has 2 aromatic rings. The Morgan fingerprint density at radius 3 is 2.83 bits per heavy atom. The van der Waals surface area contributed by atoms with Crippen molar-refractivity contribution >= 4 is 27.5 Å². The molecule has 2 aliphatic heterocycles. The highest BCUT2D eigenvalue weighted by Gasteiger charge is 2.22. The summed E-state index contributed by atoms with van der Waals surface area (Å²) in [7, 11) is 0. The molecule has 9 heteroatoms. The first-order valence-corrected chi connectivity index (χ1v) is 11.5. The van der Waals surface area contributed by atoms with Gasteiger partial charge in [-0.3, -0.25) is 14.5 Å². The molecule has 1 N–H and O–H groups in total. The SMILES string of the molecule is Cc1sc2nc(CN3CCN(C(=O)CCOC[C@@H]4CCCO4)CC3)[nH]c(=O)c2c1C. The van der Waals surface area contributed by atoms with Crippen LogP contribution in [-0.4, -0.2) is 77.8 Å². The lowest BCUT2D eigenvalue weighted by Crippen LogP contribution is -2.48. The highest BCUT2D eigenvalue weighted by Crippen LogP contribution is 2.25. The number of aryl methyl sites for hydroxylation is 2. The molecule has 0 saturated carbocycles. The van der Waals surface area contributed by atoms with Crippen LogP contribution < -0.4 is 5.56 Å². The molecule has 0 bridgehead atoms. The van der Waals surface area contributed by atoms with E-state index in [9.17, 15) is 9.59 Å². The highest BCUT2D eigenvalue weighted by atomic mass is 32.1. The quantitative estimate of drug-likeness (QED) is 0.669. The average molecular weight is 435 g/mol. The molecular weight excluding hydrogens is 404 g/mol. The fourth-order valence-electron chi connectivity index (χ4n) is 4.05. The number of fused-ring (bicyclic) bond motifs is 1. The van der Waals surface area contributed by atoms with E-state index in [1.807, 2.05) is 18.7 Å². The number of hydrogen-bond acceptors (Lipinski definition) is 7. The predicted octanol–water partition coefficient (Wildman–Crippen LogP) is 1.83. The number of aromatic amines is 1. The van der Waals surface area contributed by atoms with E-state index < -0.39 is 0 Å². The minimum Gasteiger partial charge on any atom is -0.378 e. The van der Waals surface area contributed by atoms with E-state index in [0.29, 0.717) is 50.5 Å². The van der Waals surface area contributed by atoms with Crippen LogP contribution >= 0.6 is 11.3 Å². The zero-order chi connectivity index (χ0) is 21.1. The van der Waals surface area contributed by atoms with E-state index >= 15 is 0 Å². The summed E-state index contributed by atoms with van der Waals surface area (Å²) in [6.07, 6.45) is 2.76. The molecule has 2 saturated heterocycles. The van der Waals surface area contributed by atoms with Gasteiger partial charge in [-0.25, -0.2) is 4.98 Å². The third kappa shape index (κ3) is 4.91. The summed E-state index contributed by atoms with van der Waals surface area (Å²) >= 11 is 1.57.